The molecule has 6 heteroatoms. The summed E-state index contributed by atoms with van der Waals surface area (Å²) < 4.78 is 4.81. The molecule has 0 fully saturated rings. The Morgan fingerprint density at radius 3 is 2.28 bits per heavy atom. The largest absolute Gasteiger partial charge is 0.465 e. The lowest BCUT2D eigenvalue weighted by Gasteiger charge is -2.23. The van der Waals surface area contributed by atoms with Gasteiger partial charge < -0.3 is 15.4 Å². The summed E-state index contributed by atoms with van der Waals surface area (Å²) in [7, 11) is 0. The molecule has 106 valence electrons. The van der Waals surface area contributed by atoms with Gasteiger partial charge in [-0.1, -0.05) is 0 Å². The van der Waals surface area contributed by atoms with Crippen molar-refractivity contribution in [2.24, 2.45) is 5.73 Å². The average Bonchev–Trinajstić information content (AvgIpc) is 2.36. The molecular weight excluding hydrogens is 252 g/mol. The number of carbonyl (C=O) groups is 2. The maximum Gasteiger partial charge on any atom is 0.323 e. The van der Waals surface area contributed by atoms with Gasteiger partial charge in [-0.05, 0) is 27.7 Å². The van der Waals surface area contributed by atoms with E-state index < -0.39 is 12.0 Å². The Labute approximate surface area is 113 Å². The fraction of sp³-hybridized carbons (Fsp3) is 0.833. The van der Waals surface area contributed by atoms with Crippen LogP contribution in [0.5, 0.6) is 0 Å². The van der Waals surface area contributed by atoms with Crippen molar-refractivity contribution >= 4 is 23.6 Å². The van der Waals surface area contributed by atoms with Gasteiger partial charge in [0, 0.05) is 18.8 Å². The topological polar surface area (TPSA) is 72.6 Å². The summed E-state index contributed by atoms with van der Waals surface area (Å²) in [6, 6.07) is -0.665. The second-order valence-electron chi connectivity index (χ2n) is 3.84. The fourth-order valence-electron chi connectivity index (χ4n) is 1.43. The quantitative estimate of drug-likeness (QED) is 0.666. The van der Waals surface area contributed by atoms with Crippen molar-refractivity contribution in [2.75, 3.05) is 25.4 Å². The van der Waals surface area contributed by atoms with E-state index in [1.165, 1.54) is 11.8 Å². The summed E-state index contributed by atoms with van der Waals surface area (Å²) in [5, 5.41) is -0.189. The number of thioether (sulfide) groups is 1. The number of carbonyl (C=O) groups excluding carboxylic acids is 2. The average molecular weight is 276 g/mol. The van der Waals surface area contributed by atoms with Crippen LogP contribution in [-0.4, -0.2) is 53.5 Å². The molecule has 2 unspecified atom stereocenters. The van der Waals surface area contributed by atoms with Gasteiger partial charge in [-0.2, -0.15) is 0 Å². The zero-order chi connectivity index (χ0) is 14.1. The van der Waals surface area contributed by atoms with Crippen molar-refractivity contribution in [1.29, 1.82) is 0 Å². The molecule has 0 rings (SSSR count). The summed E-state index contributed by atoms with van der Waals surface area (Å²) in [4.78, 5) is 25.0. The Morgan fingerprint density at radius 1 is 1.28 bits per heavy atom. The Bertz CT molecular complexity index is 270. The molecule has 0 saturated carbocycles. The molecule has 18 heavy (non-hydrogen) atoms. The van der Waals surface area contributed by atoms with Crippen LogP contribution in [-0.2, 0) is 14.3 Å². The minimum Gasteiger partial charge on any atom is -0.465 e. The molecule has 0 radical (unpaired) electrons. The minimum atomic E-state index is -0.665. The summed E-state index contributed by atoms with van der Waals surface area (Å²) in [6.45, 7) is 9.19. The van der Waals surface area contributed by atoms with E-state index >= 15 is 0 Å². The zero-order valence-electron chi connectivity index (χ0n) is 11.6. The third kappa shape index (κ3) is 5.73. The lowest BCUT2D eigenvalue weighted by atomic mass is 10.3. The molecule has 0 aromatic carbocycles. The number of ether oxygens (including phenoxy) is 1. The third-order valence-electron chi connectivity index (χ3n) is 2.54. The number of nitrogens with two attached hydrogens (primary N) is 1. The van der Waals surface area contributed by atoms with E-state index in [2.05, 4.69) is 0 Å². The predicted molar refractivity (Wildman–Crippen MR) is 74.5 cm³/mol. The standard InChI is InChI=1S/C12H24N2O3S/c1-5-14(6-2)11(15)9(4)18-8-10(13)12(16)17-7-3/h9-10H,5-8,13H2,1-4H3. The van der Waals surface area contributed by atoms with Gasteiger partial charge in [0.1, 0.15) is 6.04 Å². The molecule has 0 saturated heterocycles. The smallest absolute Gasteiger partial charge is 0.323 e. The first-order valence-corrected chi connectivity index (χ1v) is 7.35. The van der Waals surface area contributed by atoms with Crippen LogP contribution >= 0.6 is 11.8 Å². The van der Waals surface area contributed by atoms with Crippen LogP contribution < -0.4 is 5.73 Å². The maximum atomic E-state index is 12.0. The molecule has 0 aromatic rings. The van der Waals surface area contributed by atoms with E-state index in [4.69, 9.17) is 10.5 Å². The van der Waals surface area contributed by atoms with Crippen molar-refractivity contribution < 1.29 is 14.3 Å². The lowest BCUT2D eigenvalue weighted by molar-refractivity contribution is -0.144. The van der Waals surface area contributed by atoms with Crippen LogP contribution in [0.4, 0.5) is 0 Å². The van der Waals surface area contributed by atoms with E-state index in [-0.39, 0.29) is 11.2 Å². The summed E-state index contributed by atoms with van der Waals surface area (Å²) >= 11 is 1.39. The molecule has 0 aliphatic heterocycles. The van der Waals surface area contributed by atoms with Crippen molar-refractivity contribution in [3.05, 3.63) is 0 Å². The van der Waals surface area contributed by atoms with Crippen molar-refractivity contribution in [3.8, 4) is 0 Å². The second kappa shape index (κ2) is 9.22. The lowest BCUT2D eigenvalue weighted by Crippen LogP contribution is -2.39. The van der Waals surface area contributed by atoms with Gasteiger partial charge >= 0.3 is 5.97 Å². The van der Waals surface area contributed by atoms with Gasteiger partial charge in [-0.25, -0.2) is 0 Å². The van der Waals surface area contributed by atoms with Gasteiger partial charge in [0.05, 0.1) is 11.9 Å². The monoisotopic (exact) mass is 276 g/mol. The van der Waals surface area contributed by atoms with Crippen molar-refractivity contribution in [1.82, 2.24) is 4.90 Å². The molecule has 0 aromatic heterocycles. The highest BCUT2D eigenvalue weighted by Crippen LogP contribution is 2.14. The van der Waals surface area contributed by atoms with Gasteiger partial charge in [0.15, 0.2) is 0 Å². The van der Waals surface area contributed by atoms with Crippen LogP contribution in [0.3, 0.4) is 0 Å². The van der Waals surface area contributed by atoms with E-state index in [1.807, 2.05) is 20.8 Å². The first-order chi connectivity index (χ1) is 8.47. The zero-order valence-corrected chi connectivity index (χ0v) is 12.5. The fourth-order valence-corrected chi connectivity index (χ4v) is 2.35. The first kappa shape index (κ1) is 17.2. The molecule has 0 aliphatic carbocycles. The number of esters is 1. The van der Waals surface area contributed by atoms with Gasteiger partial charge in [0.2, 0.25) is 5.91 Å². The molecule has 0 heterocycles. The molecule has 2 N–H and O–H groups in total. The Hall–Kier alpha value is -0.750. The van der Waals surface area contributed by atoms with E-state index in [1.54, 1.807) is 11.8 Å². The maximum absolute atomic E-state index is 12.0. The van der Waals surface area contributed by atoms with Gasteiger partial charge in [-0.3, -0.25) is 9.59 Å². The second-order valence-corrected chi connectivity index (χ2v) is 5.22. The summed E-state index contributed by atoms with van der Waals surface area (Å²) in [5.41, 5.74) is 5.67. The van der Waals surface area contributed by atoms with Crippen LogP contribution in [0.1, 0.15) is 27.7 Å². The van der Waals surface area contributed by atoms with Gasteiger partial charge in [-0.15, -0.1) is 11.8 Å². The Morgan fingerprint density at radius 2 is 1.83 bits per heavy atom. The Kier molecular flexibility index (Phi) is 8.83. The van der Waals surface area contributed by atoms with E-state index in [9.17, 15) is 9.59 Å². The number of nitrogens with zero attached hydrogens (tertiary/aromatic N) is 1. The summed E-state index contributed by atoms with van der Waals surface area (Å²) in [6.07, 6.45) is 0. The van der Waals surface area contributed by atoms with Crippen LogP contribution in [0, 0.1) is 0 Å². The minimum absolute atomic E-state index is 0.0843. The SMILES string of the molecule is CCOC(=O)C(N)CSC(C)C(=O)N(CC)CC. The highest BCUT2D eigenvalue weighted by molar-refractivity contribution is 8.00. The summed E-state index contributed by atoms with van der Waals surface area (Å²) in [5.74, 6) is 0.0704. The normalized spacial score (nSPS) is 13.8. The Balaban J connectivity index is 4.13. The molecule has 0 aliphatic rings. The molecular formula is C12H24N2O3S. The molecule has 0 bridgehead atoms. The van der Waals surface area contributed by atoms with Crippen LogP contribution in [0.25, 0.3) is 0 Å². The van der Waals surface area contributed by atoms with Crippen LogP contribution in [0.2, 0.25) is 0 Å². The highest BCUT2D eigenvalue weighted by atomic mass is 32.2. The predicted octanol–water partition coefficient (Wildman–Crippen LogP) is 0.867. The molecule has 2 atom stereocenters. The number of hydrogen-bond donors (Lipinski definition) is 1. The molecule has 0 spiro atoms. The third-order valence-corrected chi connectivity index (χ3v) is 3.79. The number of amides is 1. The van der Waals surface area contributed by atoms with Gasteiger partial charge in [0.25, 0.3) is 0 Å². The highest BCUT2D eigenvalue weighted by Gasteiger charge is 2.21. The molecule has 5 nitrogen and oxygen atoms in total. The first-order valence-electron chi connectivity index (χ1n) is 6.30. The van der Waals surface area contributed by atoms with Crippen molar-refractivity contribution in [2.45, 2.75) is 39.0 Å². The molecule has 1 amide bonds. The van der Waals surface area contributed by atoms with Crippen LogP contribution in [0.15, 0.2) is 0 Å². The van der Waals surface area contributed by atoms with E-state index in [0.29, 0.717) is 25.4 Å². The van der Waals surface area contributed by atoms with E-state index in [0.717, 1.165) is 0 Å². The van der Waals surface area contributed by atoms with Crippen molar-refractivity contribution in [3.63, 3.8) is 0 Å². The number of rotatable bonds is 8. The number of hydrogen-bond acceptors (Lipinski definition) is 5.